The standard InChI is InChI=1S/C25H28N2O8/c1-5-13-27-16-12-10-9-11-15(16)25(24(27)31)19(22(29)33-7-3)17(14-18(28)32-6-2)35-21(26)20(25)23(30)34-8-4/h5,9-12H,1,6-8,13-14,26H2,2-4H3. The number of para-hydroxylation sites is 1. The lowest BCUT2D eigenvalue weighted by Crippen LogP contribution is -2.51. The molecule has 2 aliphatic rings. The predicted molar refractivity (Wildman–Crippen MR) is 125 cm³/mol. The molecule has 1 aromatic carbocycles. The molecule has 0 saturated heterocycles. The van der Waals surface area contributed by atoms with Gasteiger partial charge < -0.3 is 29.6 Å². The van der Waals surface area contributed by atoms with E-state index >= 15 is 0 Å². The fraction of sp³-hybridized carbons (Fsp3) is 0.360. The van der Waals surface area contributed by atoms with E-state index in [1.807, 2.05) is 0 Å². The van der Waals surface area contributed by atoms with Crippen molar-refractivity contribution >= 4 is 29.5 Å². The highest BCUT2D eigenvalue weighted by molar-refractivity contribution is 6.22. The first-order valence-electron chi connectivity index (χ1n) is 11.2. The van der Waals surface area contributed by atoms with Crippen LogP contribution in [-0.2, 0) is 43.5 Å². The van der Waals surface area contributed by atoms with Crippen molar-refractivity contribution in [1.82, 2.24) is 0 Å². The zero-order chi connectivity index (χ0) is 25.8. The summed E-state index contributed by atoms with van der Waals surface area (Å²) < 4.78 is 21.2. The van der Waals surface area contributed by atoms with Crippen molar-refractivity contribution in [1.29, 1.82) is 0 Å². The maximum Gasteiger partial charge on any atom is 0.341 e. The van der Waals surface area contributed by atoms with Crippen molar-refractivity contribution in [3.8, 4) is 0 Å². The number of anilines is 1. The Bertz CT molecular complexity index is 1140. The van der Waals surface area contributed by atoms with Gasteiger partial charge in [0.15, 0.2) is 0 Å². The molecule has 1 unspecified atom stereocenters. The Labute approximate surface area is 202 Å². The normalized spacial score (nSPS) is 18.8. The number of rotatable bonds is 9. The number of fused-ring (bicyclic) bond motifs is 2. The second-order valence-electron chi connectivity index (χ2n) is 7.53. The molecule has 10 nitrogen and oxygen atoms in total. The zero-order valence-electron chi connectivity index (χ0n) is 19.9. The van der Waals surface area contributed by atoms with Gasteiger partial charge in [0, 0.05) is 17.8 Å². The van der Waals surface area contributed by atoms with Gasteiger partial charge in [0.05, 0.1) is 19.8 Å². The van der Waals surface area contributed by atoms with Crippen molar-refractivity contribution in [2.24, 2.45) is 5.73 Å². The Kier molecular flexibility index (Phi) is 7.63. The van der Waals surface area contributed by atoms with Crippen molar-refractivity contribution in [3.63, 3.8) is 0 Å². The molecule has 0 aliphatic carbocycles. The first-order chi connectivity index (χ1) is 16.8. The van der Waals surface area contributed by atoms with Gasteiger partial charge in [-0.1, -0.05) is 24.3 Å². The molecule has 10 heteroatoms. The number of esters is 3. The molecule has 0 radical (unpaired) electrons. The molecule has 1 spiro atoms. The van der Waals surface area contributed by atoms with E-state index in [9.17, 15) is 19.2 Å². The Morgan fingerprint density at radius 3 is 2.23 bits per heavy atom. The topological polar surface area (TPSA) is 134 Å². The molecule has 186 valence electrons. The molecule has 3 rings (SSSR count). The smallest absolute Gasteiger partial charge is 0.341 e. The second-order valence-corrected chi connectivity index (χ2v) is 7.53. The summed E-state index contributed by atoms with van der Waals surface area (Å²) >= 11 is 0. The molecule has 1 amide bonds. The van der Waals surface area contributed by atoms with Crippen LogP contribution in [0.4, 0.5) is 5.69 Å². The van der Waals surface area contributed by atoms with Gasteiger partial charge in [-0.3, -0.25) is 9.59 Å². The highest BCUT2D eigenvalue weighted by Gasteiger charge is 2.64. The molecule has 2 N–H and O–H groups in total. The summed E-state index contributed by atoms with van der Waals surface area (Å²) in [4.78, 5) is 54.7. The van der Waals surface area contributed by atoms with Gasteiger partial charge in [0.2, 0.25) is 11.8 Å². The molecule has 2 aliphatic heterocycles. The number of nitrogens with zero attached hydrogens (tertiary/aromatic N) is 1. The molecule has 0 saturated carbocycles. The van der Waals surface area contributed by atoms with E-state index in [4.69, 9.17) is 24.7 Å². The molecule has 0 bridgehead atoms. The van der Waals surface area contributed by atoms with E-state index < -0.39 is 41.5 Å². The van der Waals surface area contributed by atoms with Crippen LogP contribution >= 0.6 is 0 Å². The van der Waals surface area contributed by atoms with Crippen LogP contribution in [0.1, 0.15) is 32.8 Å². The first kappa shape index (κ1) is 25.5. The van der Waals surface area contributed by atoms with E-state index in [-0.39, 0.29) is 43.3 Å². The molecule has 2 heterocycles. The third-order valence-corrected chi connectivity index (χ3v) is 5.55. The minimum atomic E-state index is -2.07. The summed E-state index contributed by atoms with van der Waals surface area (Å²) in [6.07, 6.45) is 0.995. The zero-order valence-corrected chi connectivity index (χ0v) is 19.9. The largest absolute Gasteiger partial charge is 0.466 e. The number of ether oxygens (including phenoxy) is 4. The number of nitrogens with two attached hydrogens (primary N) is 1. The summed E-state index contributed by atoms with van der Waals surface area (Å²) in [5.41, 5.74) is 4.19. The quantitative estimate of drug-likeness (QED) is 0.317. The van der Waals surface area contributed by atoms with Gasteiger partial charge in [0.25, 0.3) is 0 Å². The van der Waals surface area contributed by atoms with Crippen LogP contribution in [0.3, 0.4) is 0 Å². The highest BCUT2D eigenvalue weighted by atomic mass is 16.6. The summed E-state index contributed by atoms with van der Waals surface area (Å²) in [6, 6.07) is 6.65. The minimum Gasteiger partial charge on any atom is -0.466 e. The lowest BCUT2D eigenvalue weighted by Gasteiger charge is -2.36. The molecule has 35 heavy (non-hydrogen) atoms. The SMILES string of the molecule is C=CCN1C(=O)C2(C(C(=O)OCC)=C(N)OC(CC(=O)OCC)=C2C(=O)OCC)c2ccccc21. The molecular weight excluding hydrogens is 456 g/mol. The Balaban J connectivity index is 2.44. The minimum absolute atomic E-state index is 0.0218. The molecule has 1 aromatic rings. The van der Waals surface area contributed by atoms with Gasteiger partial charge in [0.1, 0.15) is 28.7 Å². The van der Waals surface area contributed by atoms with Crippen molar-refractivity contribution in [2.45, 2.75) is 32.6 Å². The number of amides is 1. The molecule has 0 fully saturated rings. The average molecular weight is 485 g/mol. The van der Waals surface area contributed by atoms with E-state index in [0.717, 1.165) is 0 Å². The summed E-state index contributed by atoms with van der Waals surface area (Å²) in [6.45, 7) is 8.62. The van der Waals surface area contributed by atoms with E-state index in [2.05, 4.69) is 6.58 Å². The Morgan fingerprint density at radius 1 is 1.03 bits per heavy atom. The molecular formula is C25H28N2O8. The van der Waals surface area contributed by atoms with Crippen LogP contribution in [0.5, 0.6) is 0 Å². The van der Waals surface area contributed by atoms with Gasteiger partial charge in [-0.25, -0.2) is 9.59 Å². The first-order valence-corrected chi connectivity index (χ1v) is 11.2. The van der Waals surface area contributed by atoms with Crippen LogP contribution in [0.25, 0.3) is 0 Å². The van der Waals surface area contributed by atoms with Gasteiger partial charge in [-0.05, 0) is 26.8 Å². The van der Waals surface area contributed by atoms with E-state index in [1.54, 1.807) is 45.0 Å². The lowest BCUT2D eigenvalue weighted by molar-refractivity contribution is -0.144. The fourth-order valence-electron chi connectivity index (χ4n) is 4.40. The Hall–Kier alpha value is -4.08. The van der Waals surface area contributed by atoms with E-state index in [0.29, 0.717) is 11.3 Å². The molecule has 0 aromatic heterocycles. The Morgan fingerprint density at radius 2 is 1.63 bits per heavy atom. The second kappa shape index (κ2) is 10.5. The van der Waals surface area contributed by atoms with Gasteiger partial charge >= 0.3 is 17.9 Å². The van der Waals surface area contributed by atoms with Gasteiger partial charge in [-0.2, -0.15) is 0 Å². The number of carbonyl (C=O) groups excluding carboxylic acids is 4. The van der Waals surface area contributed by atoms with Crippen LogP contribution in [0.2, 0.25) is 0 Å². The van der Waals surface area contributed by atoms with Crippen molar-refractivity contribution < 1.29 is 38.1 Å². The van der Waals surface area contributed by atoms with Crippen LogP contribution in [0, 0.1) is 0 Å². The predicted octanol–water partition coefficient (Wildman–Crippen LogP) is 1.99. The van der Waals surface area contributed by atoms with Crippen LogP contribution < -0.4 is 10.6 Å². The highest BCUT2D eigenvalue weighted by Crippen LogP contribution is 2.55. The summed E-state index contributed by atoms with van der Waals surface area (Å²) in [7, 11) is 0. The van der Waals surface area contributed by atoms with E-state index in [1.165, 1.54) is 11.0 Å². The number of carbonyl (C=O) groups is 4. The van der Waals surface area contributed by atoms with Crippen LogP contribution in [0.15, 0.2) is 59.7 Å². The maximum absolute atomic E-state index is 14.2. The van der Waals surface area contributed by atoms with Gasteiger partial charge in [-0.15, -0.1) is 6.58 Å². The monoisotopic (exact) mass is 484 g/mol. The number of benzene rings is 1. The van der Waals surface area contributed by atoms with Crippen molar-refractivity contribution in [3.05, 3.63) is 65.3 Å². The third-order valence-electron chi connectivity index (χ3n) is 5.55. The maximum atomic E-state index is 14.2. The molecule has 1 atom stereocenters. The fourth-order valence-corrected chi connectivity index (χ4v) is 4.40. The summed E-state index contributed by atoms with van der Waals surface area (Å²) in [5.74, 6) is -3.95. The summed E-state index contributed by atoms with van der Waals surface area (Å²) in [5, 5.41) is 0. The van der Waals surface area contributed by atoms with Crippen LogP contribution in [-0.4, -0.2) is 50.2 Å². The average Bonchev–Trinajstić information content (AvgIpc) is 3.03. The lowest BCUT2D eigenvalue weighted by atomic mass is 9.67. The number of hydrogen-bond acceptors (Lipinski definition) is 9. The van der Waals surface area contributed by atoms with Crippen molar-refractivity contribution in [2.75, 3.05) is 31.3 Å². The third kappa shape index (κ3) is 4.16. The number of hydrogen-bond donors (Lipinski definition) is 1.